The van der Waals surface area contributed by atoms with Gasteiger partial charge in [-0.25, -0.2) is 9.97 Å². The monoisotopic (exact) mass is 374 g/mol. The molecule has 0 radical (unpaired) electrons. The molecule has 5 N–H and O–H groups in total. The molecule has 4 aromatic rings. The van der Waals surface area contributed by atoms with E-state index in [4.69, 9.17) is 15.9 Å². The largest absolute Gasteiger partial charge is 0.508 e. The molecule has 1 amide bonds. The number of oxazole rings is 1. The predicted molar refractivity (Wildman–Crippen MR) is 107 cm³/mol. The summed E-state index contributed by atoms with van der Waals surface area (Å²) < 4.78 is 5.79. The molecule has 0 aliphatic carbocycles. The molecular weight excluding hydrogens is 356 g/mol. The Bertz CT molecular complexity index is 1210. The number of carbonyl (C=O) groups is 1. The van der Waals surface area contributed by atoms with Gasteiger partial charge in [-0.15, -0.1) is 0 Å². The van der Waals surface area contributed by atoms with Crippen LogP contribution in [0.15, 0.2) is 46.9 Å². The lowest BCUT2D eigenvalue weighted by Gasteiger charge is -2.16. The SMILES string of the molecule is Cc1ccc(O)c(C)c1-c1cc(-c2nc3ccccc3o2)nc(C(N)=O)c1N. The molecule has 0 aliphatic rings. The van der Waals surface area contributed by atoms with Crippen LogP contribution >= 0.6 is 0 Å². The first kappa shape index (κ1) is 17.5. The fourth-order valence-electron chi connectivity index (χ4n) is 3.29. The number of aromatic nitrogens is 2. The first-order valence-electron chi connectivity index (χ1n) is 8.62. The summed E-state index contributed by atoms with van der Waals surface area (Å²) in [6.45, 7) is 3.67. The zero-order valence-electron chi connectivity index (χ0n) is 15.4. The average Bonchev–Trinajstić information content (AvgIpc) is 3.10. The van der Waals surface area contributed by atoms with E-state index in [0.717, 1.165) is 5.56 Å². The number of carbonyl (C=O) groups excluding carboxylic acids is 1. The Morgan fingerprint density at radius 1 is 1.11 bits per heavy atom. The minimum atomic E-state index is -0.757. The summed E-state index contributed by atoms with van der Waals surface area (Å²) in [5.74, 6) is -0.381. The maximum atomic E-state index is 12.0. The Morgan fingerprint density at radius 2 is 1.86 bits per heavy atom. The van der Waals surface area contributed by atoms with Crippen molar-refractivity contribution in [1.29, 1.82) is 0 Å². The summed E-state index contributed by atoms with van der Waals surface area (Å²) >= 11 is 0. The van der Waals surface area contributed by atoms with Crippen molar-refractivity contribution in [3.05, 3.63) is 59.3 Å². The fraction of sp³-hybridized carbons (Fsp3) is 0.0952. The summed E-state index contributed by atoms with van der Waals surface area (Å²) in [6, 6.07) is 12.4. The molecule has 0 unspecified atom stereocenters. The number of nitrogens with two attached hydrogens (primary N) is 2. The van der Waals surface area contributed by atoms with Gasteiger partial charge in [0.25, 0.3) is 5.91 Å². The third-order valence-electron chi connectivity index (χ3n) is 4.72. The second-order valence-corrected chi connectivity index (χ2v) is 6.57. The molecule has 0 spiro atoms. The van der Waals surface area contributed by atoms with Crippen LogP contribution < -0.4 is 11.5 Å². The van der Waals surface area contributed by atoms with Crippen LogP contribution in [0.2, 0.25) is 0 Å². The van der Waals surface area contributed by atoms with Gasteiger partial charge in [0, 0.05) is 5.56 Å². The van der Waals surface area contributed by atoms with Crippen molar-refractivity contribution in [3.63, 3.8) is 0 Å². The number of aryl methyl sites for hydroxylation is 1. The number of rotatable bonds is 3. The maximum Gasteiger partial charge on any atom is 0.269 e. The van der Waals surface area contributed by atoms with Gasteiger partial charge in [0.2, 0.25) is 5.89 Å². The molecule has 2 aromatic heterocycles. The molecule has 140 valence electrons. The predicted octanol–water partition coefficient (Wildman–Crippen LogP) is 3.56. The van der Waals surface area contributed by atoms with Gasteiger partial charge in [0.15, 0.2) is 11.3 Å². The third kappa shape index (κ3) is 2.73. The second-order valence-electron chi connectivity index (χ2n) is 6.57. The summed E-state index contributed by atoms with van der Waals surface area (Å²) in [4.78, 5) is 20.7. The standard InChI is InChI=1S/C21H18N4O3/c1-10-7-8-15(26)11(2)17(10)12-9-14(24-19(18(12)22)20(23)27)21-25-13-5-3-4-6-16(13)28-21/h3-9,26H,22H2,1-2H3,(H2,23,27). The first-order chi connectivity index (χ1) is 13.4. The number of benzene rings is 2. The van der Waals surface area contributed by atoms with Crippen LogP contribution in [0, 0.1) is 13.8 Å². The normalized spacial score (nSPS) is 11.1. The number of pyridine rings is 1. The van der Waals surface area contributed by atoms with Crippen molar-refractivity contribution in [2.75, 3.05) is 5.73 Å². The molecular formula is C21H18N4O3. The van der Waals surface area contributed by atoms with Gasteiger partial charge in [0.05, 0.1) is 5.69 Å². The molecule has 4 rings (SSSR count). The molecule has 2 heterocycles. The molecule has 0 bridgehead atoms. The Kier molecular flexibility index (Phi) is 4.00. The van der Waals surface area contributed by atoms with E-state index >= 15 is 0 Å². The highest BCUT2D eigenvalue weighted by Crippen LogP contribution is 2.38. The topological polar surface area (TPSA) is 128 Å². The Labute approximate surface area is 160 Å². The van der Waals surface area contributed by atoms with Crippen LogP contribution in [0.25, 0.3) is 33.8 Å². The van der Waals surface area contributed by atoms with E-state index in [-0.39, 0.29) is 23.0 Å². The van der Waals surface area contributed by atoms with Crippen LogP contribution in [-0.4, -0.2) is 21.0 Å². The number of phenols is 1. The van der Waals surface area contributed by atoms with Crippen molar-refractivity contribution in [2.24, 2.45) is 5.73 Å². The number of nitrogens with zero attached hydrogens (tertiary/aromatic N) is 2. The number of nitrogen functional groups attached to an aromatic ring is 1. The van der Waals surface area contributed by atoms with Crippen LogP contribution in [0.4, 0.5) is 5.69 Å². The molecule has 0 aliphatic heterocycles. The quantitative estimate of drug-likeness (QED) is 0.503. The average molecular weight is 374 g/mol. The van der Waals surface area contributed by atoms with Crippen LogP contribution in [0.5, 0.6) is 5.75 Å². The Balaban J connectivity index is 2.03. The first-order valence-corrected chi connectivity index (χ1v) is 8.62. The van der Waals surface area contributed by atoms with E-state index in [0.29, 0.717) is 33.5 Å². The van der Waals surface area contributed by atoms with E-state index in [2.05, 4.69) is 9.97 Å². The summed E-state index contributed by atoms with van der Waals surface area (Å²) in [7, 11) is 0. The van der Waals surface area contributed by atoms with Crippen molar-refractivity contribution in [1.82, 2.24) is 9.97 Å². The van der Waals surface area contributed by atoms with Gasteiger partial charge in [-0.1, -0.05) is 18.2 Å². The van der Waals surface area contributed by atoms with Gasteiger partial charge in [-0.05, 0) is 54.8 Å². The number of phenolic OH excluding ortho intramolecular Hbond substituents is 1. The van der Waals surface area contributed by atoms with Gasteiger partial charge in [-0.3, -0.25) is 4.79 Å². The highest BCUT2D eigenvalue weighted by Gasteiger charge is 2.21. The highest BCUT2D eigenvalue weighted by atomic mass is 16.3. The third-order valence-corrected chi connectivity index (χ3v) is 4.72. The number of hydrogen-bond acceptors (Lipinski definition) is 6. The van der Waals surface area contributed by atoms with E-state index < -0.39 is 5.91 Å². The lowest BCUT2D eigenvalue weighted by Crippen LogP contribution is -2.17. The van der Waals surface area contributed by atoms with E-state index in [1.54, 1.807) is 31.2 Å². The van der Waals surface area contributed by atoms with E-state index in [9.17, 15) is 9.90 Å². The lowest BCUT2D eigenvalue weighted by molar-refractivity contribution is 0.0996. The number of hydrogen-bond donors (Lipinski definition) is 3. The number of aromatic hydroxyl groups is 1. The molecule has 0 saturated heterocycles. The molecule has 0 atom stereocenters. The minimum Gasteiger partial charge on any atom is -0.508 e. The van der Waals surface area contributed by atoms with Crippen LogP contribution in [0.3, 0.4) is 0 Å². The fourth-order valence-corrected chi connectivity index (χ4v) is 3.29. The van der Waals surface area contributed by atoms with Crippen molar-refractivity contribution >= 4 is 22.7 Å². The lowest BCUT2D eigenvalue weighted by atomic mass is 9.93. The van der Waals surface area contributed by atoms with E-state index in [1.807, 2.05) is 25.1 Å². The van der Waals surface area contributed by atoms with Gasteiger partial charge in [-0.2, -0.15) is 0 Å². The number of amides is 1. The van der Waals surface area contributed by atoms with Crippen LogP contribution in [0.1, 0.15) is 21.6 Å². The number of anilines is 1. The molecule has 0 fully saturated rings. The van der Waals surface area contributed by atoms with Crippen molar-refractivity contribution in [2.45, 2.75) is 13.8 Å². The minimum absolute atomic E-state index is 0.0723. The molecule has 7 nitrogen and oxygen atoms in total. The summed E-state index contributed by atoms with van der Waals surface area (Å²) in [5.41, 5.74) is 16.2. The summed E-state index contributed by atoms with van der Waals surface area (Å²) in [6.07, 6.45) is 0. The number of fused-ring (bicyclic) bond motifs is 1. The number of primary amides is 1. The molecule has 0 saturated carbocycles. The van der Waals surface area contributed by atoms with Gasteiger partial charge < -0.3 is 21.0 Å². The van der Waals surface area contributed by atoms with E-state index in [1.165, 1.54) is 0 Å². The maximum absolute atomic E-state index is 12.0. The van der Waals surface area contributed by atoms with Crippen molar-refractivity contribution in [3.8, 4) is 28.5 Å². The molecule has 7 heteroatoms. The second kappa shape index (κ2) is 6.38. The van der Waals surface area contributed by atoms with Crippen LogP contribution in [-0.2, 0) is 0 Å². The smallest absolute Gasteiger partial charge is 0.269 e. The Hall–Kier alpha value is -3.87. The Morgan fingerprint density at radius 3 is 2.57 bits per heavy atom. The molecule has 28 heavy (non-hydrogen) atoms. The van der Waals surface area contributed by atoms with Crippen molar-refractivity contribution < 1.29 is 14.3 Å². The highest BCUT2D eigenvalue weighted by molar-refractivity contribution is 6.01. The number of para-hydroxylation sites is 2. The molecule has 2 aromatic carbocycles. The summed E-state index contributed by atoms with van der Waals surface area (Å²) in [5, 5.41) is 10.2. The zero-order valence-corrected chi connectivity index (χ0v) is 15.4. The van der Waals surface area contributed by atoms with Gasteiger partial charge >= 0.3 is 0 Å². The zero-order chi connectivity index (χ0) is 20.0. The van der Waals surface area contributed by atoms with Gasteiger partial charge in [0.1, 0.15) is 17.0 Å².